The summed E-state index contributed by atoms with van der Waals surface area (Å²) in [6, 6.07) is 0. The molecule has 1 fully saturated rings. The van der Waals surface area contributed by atoms with E-state index in [0.29, 0.717) is 64.6 Å². The first kappa shape index (κ1) is 21.8. The summed E-state index contributed by atoms with van der Waals surface area (Å²) in [6.45, 7) is 3.87. The Balaban J connectivity index is 1.28. The summed E-state index contributed by atoms with van der Waals surface area (Å²) >= 11 is 0. The second-order valence-electron chi connectivity index (χ2n) is 6.77. The van der Waals surface area contributed by atoms with Gasteiger partial charge in [0.25, 0.3) is 0 Å². The van der Waals surface area contributed by atoms with Crippen molar-refractivity contribution in [3.05, 3.63) is 12.2 Å². The van der Waals surface area contributed by atoms with E-state index in [1.54, 1.807) is 0 Å². The number of carboxylic acid groups (broad SMARTS) is 1. The number of hydrogen-bond acceptors (Lipinski definition) is 6. The van der Waals surface area contributed by atoms with Crippen molar-refractivity contribution in [3.8, 4) is 0 Å². The molecule has 0 unspecified atom stereocenters. The number of carboxylic acids is 1. The summed E-state index contributed by atoms with van der Waals surface area (Å²) in [5.41, 5.74) is 0. The van der Waals surface area contributed by atoms with Gasteiger partial charge in [0.05, 0.1) is 59.3 Å². The first-order valence-corrected chi connectivity index (χ1v) is 9.65. The molecule has 0 aromatic heterocycles. The lowest BCUT2D eigenvalue weighted by Crippen LogP contribution is -2.35. The van der Waals surface area contributed by atoms with Gasteiger partial charge in [-0.1, -0.05) is 12.2 Å². The van der Waals surface area contributed by atoms with Gasteiger partial charge in [-0.3, -0.25) is 9.59 Å². The molecule has 8 heteroatoms. The van der Waals surface area contributed by atoms with Crippen LogP contribution in [0.4, 0.5) is 0 Å². The van der Waals surface area contributed by atoms with Crippen molar-refractivity contribution >= 4 is 11.9 Å². The van der Waals surface area contributed by atoms with E-state index in [-0.39, 0.29) is 24.9 Å². The van der Waals surface area contributed by atoms with Crippen LogP contribution in [0.1, 0.15) is 19.3 Å². The van der Waals surface area contributed by atoms with Crippen LogP contribution in [0.2, 0.25) is 0 Å². The van der Waals surface area contributed by atoms with E-state index >= 15 is 0 Å². The highest BCUT2D eigenvalue weighted by Gasteiger charge is 2.39. The highest BCUT2D eigenvalue weighted by molar-refractivity contribution is 5.79. The molecule has 0 spiro atoms. The molecule has 1 saturated carbocycles. The quantitative estimate of drug-likeness (QED) is 0.300. The van der Waals surface area contributed by atoms with Crippen LogP contribution in [-0.2, 0) is 28.5 Å². The van der Waals surface area contributed by atoms with Crippen LogP contribution in [0.15, 0.2) is 12.2 Å². The van der Waals surface area contributed by atoms with Gasteiger partial charge in [0, 0.05) is 12.5 Å². The zero-order valence-electron chi connectivity index (χ0n) is 15.8. The second kappa shape index (κ2) is 12.8. The third kappa shape index (κ3) is 8.83. The number of ether oxygens (including phenoxy) is 4. The summed E-state index contributed by atoms with van der Waals surface area (Å²) in [7, 11) is 0. The molecule has 0 saturated heterocycles. The molecule has 0 aromatic carbocycles. The molecule has 0 radical (unpaired) electrons. The molecule has 154 valence electrons. The first-order chi connectivity index (χ1) is 13.2. The molecule has 2 aliphatic carbocycles. The highest BCUT2D eigenvalue weighted by atomic mass is 16.6. The molecule has 3 atom stereocenters. The minimum absolute atomic E-state index is 0.00566. The van der Waals surface area contributed by atoms with Crippen molar-refractivity contribution in [1.82, 2.24) is 5.32 Å². The van der Waals surface area contributed by atoms with Gasteiger partial charge in [-0.25, -0.2) is 0 Å². The van der Waals surface area contributed by atoms with Gasteiger partial charge in [-0.2, -0.15) is 0 Å². The molecule has 0 aliphatic heterocycles. The van der Waals surface area contributed by atoms with Crippen molar-refractivity contribution in [2.24, 2.45) is 17.8 Å². The number of carbonyl (C=O) groups excluding carboxylic acids is 1. The Kier molecular flexibility index (Phi) is 10.4. The van der Waals surface area contributed by atoms with Crippen LogP contribution in [0.5, 0.6) is 0 Å². The van der Waals surface area contributed by atoms with Gasteiger partial charge in [0.1, 0.15) is 0 Å². The monoisotopic (exact) mass is 385 g/mol. The van der Waals surface area contributed by atoms with Crippen molar-refractivity contribution in [3.63, 3.8) is 0 Å². The van der Waals surface area contributed by atoms with E-state index in [0.717, 1.165) is 12.8 Å². The van der Waals surface area contributed by atoms with E-state index in [4.69, 9.17) is 24.1 Å². The van der Waals surface area contributed by atoms with E-state index in [9.17, 15) is 9.59 Å². The van der Waals surface area contributed by atoms with E-state index < -0.39 is 5.97 Å². The number of hydrogen-bond donors (Lipinski definition) is 2. The van der Waals surface area contributed by atoms with Crippen molar-refractivity contribution in [1.29, 1.82) is 0 Å². The van der Waals surface area contributed by atoms with E-state index in [1.165, 1.54) is 0 Å². The number of nitrogens with one attached hydrogen (secondary N) is 1. The summed E-state index contributed by atoms with van der Waals surface area (Å²) in [6.07, 6.45) is 6.54. The molecule has 0 aromatic rings. The van der Waals surface area contributed by atoms with Crippen LogP contribution in [0.3, 0.4) is 0 Å². The van der Waals surface area contributed by atoms with E-state index in [2.05, 4.69) is 17.5 Å². The molecule has 2 bridgehead atoms. The Bertz CT molecular complexity index is 483. The van der Waals surface area contributed by atoms with Gasteiger partial charge in [0.2, 0.25) is 5.91 Å². The lowest BCUT2D eigenvalue weighted by Gasteiger charge is -2.17. The third-order valence-electron chi connectivity index (χ3n) is 4.74. The Morgan fingerprint density at radius 3 is 1.96 bits per heavy atom. The Morgan fingerprint density at radius 2 is 1.44 bits per heavy atom. The summed E-state index contributed by atoms with van der Waals surface area (Å²) < 4.78 is 21.2. The maximum Gasteiger partial charge on any atom is 0.305 e. The van der Waals surface area contributed by atoms with Gasteiger partial charge in [0.15, 0.2) is 0 Å². The average molecular weight is 385 g/mol. The maximum atomic E-state index is 12.1. The zero-order chi connectivity index (χ0) is 19.3. The normalized spacial score (nSPS) is 23.0. The summed E-state index contributed by atoms with van der Waals surface area (Å²) in [5, 5.41) is 11.4. The predicted octanol–water partition coefficient (Wildman–Crippen LogP) is 0.856. The second-order valence-corrected chi connectivity index (χ2v) is 6.77. The minimum atomic E-state index is -0.869. The topological polar surface area (TPSA) is 103 Å². The van der Waals surface area contributed by atoms with E-state index in [1.807, 2.05) is 0 Å². The van der Waals surface area contributed by atoms with Crippen molar-refractivity contribution in [2.45, 2.75) is 19.3 Å². The molecule has 2 rings (SSSR count). The van der Waals surface area contributed by atoms with Gasteiger partial charge >= 0.3 is 5.97 Å². The summed E-state index contributed by atoms with van der Waals surface area (Å²) in [5.74, 6) is 0.462. The number of allylic oxidation sites excluding steroid dienone is 2. The molecule has 1 amide bonds. The number of aliphatic carboxylic acids is 1. The van der Waals surface area contributed by atoms with Crippen LogP contribution < -0.4 is 5.32 Å². The van der Waals surface area contributed by atoms with Crippen LogP contribution in [-0.4, -0.2) is 76.4 Å². The lowest BCUT2D eigenvalue weighted by molar-refractivity contribution is -0.138. The SMILES string of the molecule is O=C(O)CCOCCOCCOCCOCCNC(=O)[C@H]1C[C@@H]2C=C[C@H]1C2. The van der Waals surface area contributed by atoms with Gasteiger partial charge < -0.3 is 29.4 Å². The molecular weight excluding hydrogens is 354 g/mol. The van der Waals surface area contributed by atoms with Crippen molar-refractivity contribution < 1.29 is 33.6 Å². The standard InChI is InChI=1S/C19H31NO7/c21-18(22)3-5-24-7-9-26-11-12-27-10-8-25-6-4-20-19(23)17-14-15-1-2-16(17)13-15/h1-2,15-17H,3-14H2,(H,20,23)(H,21,22)/t15-,16+,17+/m1/s1. The number of fused-ring (bicyclic) bond motifs is 2. The molecule has 2 aliphatic rings. The number of amides is 1. The fourth-order valence-electron chi connectivity index (χ4n) is 3.38. The van der Waals surface area contributed by atoms with Gasteiger partial charge in [-0.05, 0) is 24.7 Å². The number of rotatable bonds is 16. The zero-order valence-corrected chi connectivity index (χ0v) is 15.8. The molecule has 0 heterocycles. The van der Waals surface area contributed by atoms with Crippen LogP contribution in [0.25, 0.3) is 0 Å². The van der Waals surface area contributed by atoms with Crippen molar-refractivity contribution in [2.75, 3.05) is 59.4 Å². The molecule has 27 heavy (non-hydrogen) atoms. The predicted molar refractivity (Wildman–Crippen MR) is 97.4 cm³/mol. The summed E-state index contributed by atoms with van der Waals surface area (Å²) in [4.78, 5) is 22.4. The Morgan fingerprint density at radius 1 is 0.852 bits per heavy atom. The fraction of sp³-hybridized carbons (Fsp3) is 0.789. The minimum Gasteiger partial charge on any atom is -0.481 e. The Labute approximate surface area is 160 Å². The maximum absolute atomic E-state index is 12.1. The largest absolute Gasteiger partial charge is 0.481 e. The average Bonchev–Trinajstić information content (AvgIpc) is 3.28. The van der Waals surface area contributed by atoms with Gasteiger partial charge in [-0.15, -0.1) is 0 Å². The van der Waals surface area contributed by atoms with Crippen LogP contribution in [0, 0.1) is 17.8 Å². The highest BCUT2D eigenvalue weighted by Crippen LogP contribution is 2.43. The Hall–Kier alpha value is -1.48. The molecule has 8 nitrogen and oxygen atoms in total. The lowest BCUT2D eigenvalue weighted by atomic mass is 9.93. The smallest absolute Gasteiger partial charge is 0.305 e. The first-order valence-electron chi connectivity index (χ1n) is 9.65. The molecular formula is C19H31NO7. The number of carbonyl (C=O) groups is 2. The van der Waals surface area contributed by atoms with Crippen LogP contribution >= 0.6 is 0 Å². The fourth-order valence-corrected chi connectivity index (χ4v) is 3.38. The third-order valence-corrected chi connectivity index (χ3v) is 4.74. The molecule has 2 N–H and O–H groups in total.